The summed E-state index contributed by atoms with van der Waals surface area (Å²) < 4.78 is 0. The van der Waals surface area contributed by atoms with Gasteiger partial charge in [0.1, 0.15) is 0 Å². The molecule has 114 valence electrons. The summed E-state index contributed by atoms with van der Waals surface area (Å²) >= 11 is 0. The van der Waals surface area contributed by atoms with Crippen molar-refractivity contribution in [2.45, 2.75) is 60.3 Å². The van der Waals surface area contributed by atoms with Crippen molar-refractivity contribution >= 4 is 0 Å². The molecule has 0 bridgehead atoms. The normalized spacial score (nSPS) is 21.8. The standard InChI is InChI=1S/C17H36N2/c1-6-17(7-2)8-10-19(11-9-17)14-16(5)13-18-12-15(3)4/h15-16,18H,6-14H2,1-5H3. The maximum atomic E-state index is 3.59. The zero-order valence-corrected chi connectivity index (χ0v) is 14.0. The first-order chi connectivity index (χ1) is 9.01. The van der Waals surface area contributed by atoms with Crippen LogP contribution in [0.3, 0.4) is 0 Å². The number of piperidine rings is 1. The predicted molar refractivity (Wildman–Crippen MR) is 85.6 cm³/mol. The fourth-order valence-corrected chi connectivity index (χ4v) is 3.29. The van der Waals surface area contributed by atoms with E-state index in [1.165, 1.54) is 51.9 Å². The molecule has 0 aromatic carbocycles. The van der Waals surface area contributed by atoms with E-state index < -0.39 is 0 Å². The number of hydrogen-bond acceptors (Lipinski definition) is 2. The number of hydrogen-bond donors (Lipinski definition) is 1. The topological polar surface area (TPSA) is 15.3 Å². The van der Waals surface area contributed by atoms with Crippen molar-refractivity contribution in [2.75, 3.05) is 32.7 Å². The summed E-state index contributed by atoms with van der Waals surface area (Å²) in [5.41, 5.74) is 0.662. The van der Waals surface area contributed by atoms with Gasteiger partial charge in [0.25, 0.3) is 0 Å². The molecule has 1 fully saturated rings. The molecule has 0 aromatic rings. The van der Waals surface area contributed by atoms with Crippen LogP contribution in [0.4, 0.5) is 0 Å². The quantitative estimate of drug-likeness (QED) is 0.721. The fraction of sp³-hybridized carbons (Fsp3) is 1.00. The average molecular weight is 268 g/mol. The third-order valence-corrected chi connectivity index (χ3v) is 5.03. The molecule has 2 nitrogen and oxygen atoms in total. The van der Waals surface area contributed by atoms with Crippen molar-refractivity contribution in [1.82, 2.24) is 10.2 Å². The van der Waals surface area contributed by atoms with Crippen molar-refractivity contribution in [3.8, 4) is 0 Å². The van der Waals surface area contributed by atoms with Crippen LogP contribution in [0, 0.1) is 17.3 Å². The fourth-order valence-electron chi connectivity index (χ4n) is 3.29. The Morgan fingerprint density at radius 1 is 1.00 bits per heavy atom. The summed E-state index contributed by atoms with van der Waals surface area (Å²) in [4.78, 5) is 2.69. The minimum atomic E-state index is 0.662. The molecule has 19 heavy (non-hydrogen) atoms. The van der Waals surface area contributed by atoms with Gasteiger partial charge in [0.05, 0.1) is 0 Å². The lowest BCUT2D eigenvalue weighted by Crippen LogP contribution is -2.42. The molecule has 1 rings (SSSR count). The highest BCUT2D eigenvalue weighted by atomic mass is 15.1. The Morgan fingerprint density at radius 3 is 2.05 bits per heavy atom. The van der Waals surface area contributed by atoms with Crippen LogP contribution >= 0.6 is 0 Å². The molecule has 0 spiro atoms. The molecule has 1 unspecified atom stereocenters. The van der Waals surface area contributed by atoms with Crippen molar-refractivity contribution in [3.05, 3.63) is 0 Å². The molecular formula is C17H36N2. The van der Waals surface area contributed by atoms with E-state index in [4.69, 9.17) is 0 Å². The maximum Gasteiger partial charge on any atom is 0.00191 e. The SMILES string of the molecule is CCC1(CC)CCN(CC(C)CNCC(C)C)CC1. The van der Waals surface area contributed by atoms with Crippen LogP contribution in [0.25, 0.3) is 0 Å². The number of nitrogens with one attached hydrogen (secondary N) is 1. The van der Waals surface area contributed by atoms with Crippen molar-refractivity contribution in [1.29, 1.82) is 0 Å². The summed E-state index contributed by atoms with van der Waals surface area (Å²) in [6, 6.07) is 0. The lowest BCUT2D eigenvalue weighted by molar-refractivity contribution is 0.0859. The minimum absolute atomic E-state index is 0.662. The molecule has 1 heterocycles. The highest BCUT2D eigenvalue weighted by Crippen LogP contribution is 2.37. The van der Waals surface area contributed by atoms with Gasteiger partial charge in [-0.2, -0.15) is 0 Å². The lowest BCUT2D eigenvalue weighted by atomic mass is 9.74. The average Bonchev–Trinajstić information content (AvgIpc) is 2.39. The van der Waals surface area contributed by atoms with Crippen LogP contribution in [-0.2, 0) is 0 Å². The highest BCUT2D eigenvalue weighted by Gasteiger charge is 2.31. The van der Waals surface area contributed by atoms with Gasteiger partial charge < -0.3 is 10.2 Å². The molecule has 0 radical (unpaired) electrons. The predicted octanol–water partition coefficient (Wildman–Crippen LogP) is 3.77. The Hall–Kier alpha value is -0.0800. The lowest BCUT2D eigenvalue weighted by Gasteiger charge is -2.41. The Balaban J connectivity index is 2.21. The zero-order valence-electron chi connectivity index (χ0n) is 14.0. The molecule has 0 aromatic heterocycles. The third-order valence-electron chi connectivity index (χ3n) is 5.03. The molecule has 0 amide bonds. The van der Waals surface area contributed by atoms with Crippen LogP contribution in [0.2, 0.25) is 0 Å². The smallest absolute Gasteiger partial charge is 0.00191 e. The van der Waals surface area contributed by atoms with Gasteiger partial charge in [-0.1, -0.05) is 47.5 Å². The molecular weight excluding hydrogens is 232 g/mol. The van der Waals surface area contributed by atoms with Crippen LogP contribution < -0.4 is 5.32 Å². The van der Waals surface area contributed by atoms with Gasteiger partial charge >= 0.3 is 0 Å². The van der Waals surface area contributed by atoms with Gasteiger partial charge in [0.2, 0.25) is 0 Å². The highest BCUT2D eigenvalue weighted by molar-refractivity contribution is 4.84. The molecule has 1 aliphatic rings. The van der Waals surface area contributed by atoms with Gasteiger partial charge in [-0.3, -0.25) is 0 Å². The zero-order chi connectivity index (χ0) is 14.3. The third kappa shape index (κ3) is 5.83. The van der Waals surface area contributed by atoms with E-state index in [1.807, 2.05) is 0 Å². The first kappa shape index (κ1) is 17.0. The Morgan fingerprint density at radius 2 is 1.58 bits per heavy atom. The molecule has 1 atom stereocenters. The second-order valence-corrected chi connectivity index (χ2v) is 7.16. The Kier molecular flexibility index (Phi) is 7.38. The molecule has 1 saturated heterocycles. The van der Waals surface area contributed by atoms with E-state index in [9.17, 15) is 0 Å². The summed E-state index contributed by atoms with van der Waals surface area (Å²) in [7, 11) is 0. The van der Waals surface area contributed by atoms with E-state index in [1.54, 1.807) is 0 Å². The van der Waals surface area contributed by atoms with Gasteiger partial charge in [-0.15, -0.1) is 0 Å². The summed E-state index contributed by atoms with van der Waals surface area (Å²) in [5, 5.41) is 3.59. The van der Waals surface area contributed by atoms with Crippen LogP contribution in [0.15, 0.2) is 0 Å². The van der Waals surface area contributed by atoms with Crippen molar-refractivity contribution in [3.63, 3.8) is 0 Å². The van der Waals surface area contributed by atoms with Crippen molar-refractivity contribution in [2.24, 2.45) is 17.3 Å². The number of likely N-dealkylation sites (tertiary alicyclic amines) is 1. The molecule has 1 N–H and O–H groups in total. The van der Waals surface area contributed by atoms with Gasteiger partial charge in [0.15, 0.2) is 0 Å². The number of rotatable bonds is 8. The van der Waals surface area contributed by atoms with Crippen LogP contribution in [0.1, 0.15) is 60.3 Å². The Labute approximate surface area is 121 Å². The summed E-state index contributed by atoms with van der Waals surface area (Å²) in [6.45, 7) is 17.9. The van der Waals surface area contributed by atoms with Gasteiger partial charge in [-0.05, 0) is 56.3 Å². The Bertz CT molecular complexity index is 223. The first-order valence-electron chi connectivity index (χ1n) is 8.44. The second kappa shape index (κ2) is 8.26. The molecule has 0 saturated carbocycles. The molecule has 2 heteroatoms. The monoisotopic (exact) mass is 268 g/mol. The summed E-state index contributed by atoms with van der Waals surface area (Å²) in [6.07, 6.45) is 5.55. The summed E-state index contributed by atoms with van der Waals surface area (Å²) in [5.74, 6) is 1.53. The molecule has 1 aliphatic heterocycles. The van der Waals surface area contributed by atoms with Crippen LogP contribution in [-0.4, -0.2) is 37.6 Å². The first-order valence-corrected chi connectivity index (χ1v) is 8.44. The minimum Gasteiger partial charge on any atom is -0.316 e. The van der Waals surface area contributed by atoms with E-state index in [0.717, 1.165) is 18.4 Å². The number of nitrogens with zero attached hydrogens (tertiary/aromatic N) is 1. The van der Waals surface area contributed by atoms with Crippen LogP contribution in [0.5, 0.6) is 0 Å². The van der Waals surface area contributed by atoms with Gasteiger partial charge in [0, 0.05) is 6.54 Å². The second-order valence-electron chi connectivity index (χ2n) is 7.16. The van der Waals surface area contributed by atoms with E-state index in [2.05, 4.69) is 44.8 Å². The van der Waals surface area contributed by atoms with E-state index in [-0.39, 0.29) is 0 Å². The van der Waals surface area contributed by atoms with Gasteiger partial charge in [-0.25, -0.2) is 0 Å². The molecule has 0 aliphatic carbocycles. The van der Waals surface area contributed by atoms with E-state index >= 15 is 0 Å². The largest absolute Gasteiger partial charge is 0.316 e. The van der Waals surface area contributed by atoms with Crippen molar-refractivity contribution < 1.29 is 0 Å². The maximum absolute atomic E-state index is 3.59. The van der Waals surface area contributed by atoms with E-state index in [0.29, 0.717) is 5.41 Å².